The lowest BCUT2D eigenvalue weighted by Gasteiger charge is -2.08. The largest absolute Gasteiger partial charge is 0.379 e. The van der Waals surface area contributed by atoms with Gasteiger partial charge in [0, 0.05) is 6.61 Å². The number of aryl methyl sites for hydroxylation is 1. The number of aromatic nitrogens is 2. The van der Waals surface area contributed by atoms with Gasteiger partial charge in [-0.1, -0.05) is 0 Å². The first-order valence-electron chi connectivity index (χ1n) is 4.68. The van der Waals surface area contributed by atoms with Crippen LogP contribution in [0.5, 0.6) is 0 Å². The maximum atomic E-state index is 10.7. The molecule has 82 valence electrons. The highest BCUT2D eigenvalue weighted by molar-refractivity contribution is 5.56. The van der Waals surface area contributed by atoms with Crippen molar-refractivity contribution in [1.82, 2.24) is 9.78 Å². The summed E-state index contributed by atoms with van der Waals surface area (Å²) in [5, 5.41) is 14.8. The van der Waals surface area contributed by atoms with E-state index in [0.29, 0.717) is 18.9 Å². The average molecular weight is 212 g/mol. The van der Waals surface area contributed by atoms with Gasteiger partial charge in [-0.2, -0.15) is 5.10 Å². The fraction of sp³-hybridized carbons (Fsp3) is 0.625. The van der Waals surface area contributed by atoms with Crippen LogP contribution in [0, 0.1) is 17.0 Å². The summed E-state index contributed by atoms with van der Waals surface area (Å²) in [5.41, 5.74) is 5.94. The topological polar surface area (TPSA) is 96.2 Å². The van der Waals surface area contributed by atoms with Crippen LogP contribution in [0.15, 0.2) is 0 Å². The fourth-order valence-corrected chi connectivity index (χ4v) is 1.78. The maximum Gasteiger partial charge on any atom is 0.333 e. The molecule has 2 rings (SSSR count). The third-order valence-corrected chi connectivity index (χ3v) is 2.52. The molecule has 0 spiro atoms. The SMILES string of the molecule is Cc1nn(C2CCOC2)c(N)c1[N+](=O)[O-]. The Bertz CT molecular complexity index is 395. The van der Waals surface area contributed by atoms with E-state index in [4.69, 9.17) is 10.5 Å². The van der Waals surface area contributed by atoms with E-state index in [-0.39, 0.29) is 17.5 Å². The molecular weight excluding hydrogens is 200 g/mol. The van der Waals surface area contributed by atoms with E-state index < -0.39 is 4.92 Å². The van der Waals surface area contributed by atoms with Gasteiger partial charge >= 0.3 is 5.69 Å². The Balaban J connectivity index is 2.40. The van der Waals surface area contributed by atoms with E-state index in [2.05, 4.69) is 5.10 Å². The zero-order valence-corrected chi connectivity index (χ0v) is 8.34. The van der Waals surface area contributed by atoms with Crippen molar-refractivity contribution in [1.29, 1.82) is 0 Å². The van der Waals surface area contributed by atoms with Gasteiger partial charge in [0.05, 0.1) is 17.6 Å². The first-order valence-corrected chi connectivity index (χ1v) is 4.68. The Hall–Kier alpha value is -1.63. The summed E-state index contributed by atoms with van der Waals surface area (Å²) >= 11 is 0. The smallest absolute Gasteiger partial charge is 0.333 e. The highest BCUT2D eigenvalue weighted by atomic mass is 16.6. The number of hydrogen-bond donors (Lipinski definition) is 1. The van der Waals surface area contributed by atoms with Gasteiger partial charge in [-0.05, 0) is 13.3 Å². The molecule has 2 heterocycles. The minimum absolute atomic E-state index is 0.0254. The fourth-order valence-electron chi connectivity index (χ4n) is 1.78. The van der Waals surface area contributed by atoms with Gasteiger partial charge in [0.2, 0.25) is 5.82 Å². The summed E-state index contributed by atoms with van der Waals surface area (Å²) in [6.45, 7) is 2.75. The Kier molecular flexibility index (Phi) is 2.31. The number of hydrogen-bond acceptors (Lipinski definition) is 5. The number of nitro groups is 1. The van der Waals surface area contributed by atoms with Crippen LogP contribution in [0.25, 0.3) is 0 Å². The first-order chi connectivity index (χ1) is 7.11. The second-order valence-corrected chi connectivity index (χ2v) is 3.54. The molecule has 2 N–H and O–H groups in total. The third kappa shape index (κ3) is 1.54. The van der Waals surface area contributed by atoms with Crippen LogP contribution in [0.1, 0.15) is 18.2 Å². The van der Waals surface area contributed by atoms with Gasteiger partial charge < -0.3 is 10.5 Å². The molecule has 0 radical (unpaired) electrons. The van der Waals surface area contributed by atoms with Crippen LogP contribution in [0.2, 0.25) is 0 Å². The van der Waals surface area contributed by atoms with Crippen LogP contribution >= 0.6 is 0 Å². The normalized spacial score (nSPS) is 20.7. The van der Waals surface area contributed by atoms with E-state index in [0.717, 1.165) is 6.42 Å². The molecule has 1 aromatic rings. The van der Waals surface area contributed by atoms with Crippen molar-refractivity contribution in [2.24, 2.45) is 0 Å². The van der Waals surface area contributed by atoms with E-state index in [1.54, 1.807) is 6.92 Å². The van der Waals surface area contributed by atoms with Crippen molar-refractivity contribution in [3.8, 4) is 0 Å². The minimum Gasteiger partial charge on any atom is -0.379 e. The lowest BCUT2D eigenvalue weighted by Crippen LogP contribution is -2.13. The number of rotatable bonds is 2. The van der Waals surface area contributed by atoms with Gasteiger partial charge in [0.1, 0.15) is 5.69 Å². The van der Waals surface area contributed by atoms with Crippen molar-refractivity contribution < 1.29 is 9.66 Å². The Labute approximate surface area is 86.0 Å². The minimum atomic E-state index is -0.496. The molecule has 1 aliphatic heterocycles. The van der Waals surface area contributed by atoms with Gasteiger partial charge in [-0.15, -0.1) is 0 Å². The van der Waals surface area contributed by atoms with Crippen molar-refractivity contribution in [2.45, 2.75) is 19.4 Å². The standard InChI is InChI=1S/C8H12N4O3/c1-5-7(12(13)14)8(9)11(10-5)6-2-3-15-4-6/h6H,2-4,9H2,1H3. The first kappa shape index (κ1) is 9.91. The summed E-state index contributed by atoms with van der Waals surface area (Å²) in [7, 11) is 0. The van der Waals surface area contributed by atoms with Crippen molar-refractivity contribution in [3.63, 3.8) is 0 Å². The van der Waals surface area contributed by atoms with Crippen molar-refractivity contribution in [3.05, 3.63) is 15.8 Å². The average Bonchev–Trinajstić information content (AvgIpc) is 2.72. The molecule has 7 heteroatoms. The predicted molar refractivity (Wildman–Crippen MR) is 52.5 cm³/mol. The molecule has 0 amide bonds. The second-order valence-electron chi connectivity index (χ2n) is 3.54. The summed E-state index contributed by atoms with van der Waals surface area (Å²) in [6, 6.07) is 0.0254. The lowest BCUT2D eigenvalue weighted by atomic mass is 10.3. The molecule has 7 nitrogen and oxygen atoms in total. The van der Waals surface area contributed by atoms with Crippen molar-refractivity contribution >= 4 is 11.5 Å². The summed E-state index contributed by atoms with van der Waals surface area (Å²) in [6.07, 6.45) is 0.794. The lowest BCUT2D eigenvalue weighted by molar-refractivity contribution is -0.384. The predicted octanol–water partition coefficient (Wildman–Crippen LogP) is 0.643. The molecule has 1 aromatic heterocycles. The molecule has 1 unspecified atom stereocenters. The molecule has 1 fully saturated rings. The highest BCUT2D eigenvalue weighted by Crippen LogP contribution is 2.30. The molecule has 0 saturated carbocycles. The number of nitrogens with zero attached hydrogens (tertiary/aromatic N) is 3. The monoisotopic (exact) mass is 212 g/mol. The summed E-state index contributed by atoms with van der Waals surface area (Å²) in [4.78, 5) is 10.2. The number of ether oxygens (including phenoxy) is 1. The van der Waals surface area contributed by atoms with Crippen molar-refractivity contribution in [2.75, 3.05) is 18.9 Å². The Morgan fingerprint density at radius 3 is 2.93 bits per heavy atom. The molecule has 0 bridgehead atoms. The van der Waals surface area contributed by atoms with E-state index >= 15 is 0 Å². The van der Waals surface area contributed by atoms with Gasteiger partial charge in [-0.3, -0.25) is 10.1 Å². The van der Waals surface area contributed by atoms with Crippen LogP contribution in [0.3, 0.4) is 0 Å². The van der Waals surface area contributed by atoms with Crippen LogP contribution in [-0.4, -0.2) is 27.9 Å². The van der Waals surface area contributed by atoms with E-state index in [1.807, 2.05) is 0 Å². The molecule has 0 aliphatic carbocycles. The van der Waals surface area contributed by atoms with Crippen LogP contribution in [-0.2, 0) is 4.74 Å². The molecular formula is C8H12N4O3. The molecule has 15 heavy (non-hydrogen) atoms. The zero-order valence-electron chi connectivity index (χ0n) is 8.34. The van der Waals surface area contributed by atoms with Crippen LogP contribution < -0.4 is 5.73 Å². The highest BCUT2D eigenvalue weighted by Gasteiger charge is 2.28. The quantitative estimate of drug-likeness (QED) is 0.573. The number of nitrogens with two attached hydrogens (primary N) is 1. The number of anilines is 1. The third-order valence-electron chi connectivity index (χ3n) is 2.52. The Morgan fingerprint density at radius 1 is 1.73 bits per heavy atom. The zero-order chi connectivity index (χ0) is 11.0. The molecule has 0 aromatic carbocycles. The maximum absolute atomic E-state index is 10.7. The molecule has 1 saturated heterocycles. The molecule has 1 aliphatic rings. The van der Waals surface area contributed by atoms with E-state index in [1.165, 1.54) is 4.68 Å². The second kappa shape index (κ2) is 3.50. The number of nitrogen functional groups attached to an aromatic ring is 1. The van der Waals surface area contributed by atoms with Gasteiger partial charge in [-0.25, -0.2) is 4.68 Å². The summed E-state index contributed by atoms with van der Waals surface area (Å²) < 4.78 is 6.69. The van der Waals surface area contributed by atoms with E-state index in [9.17, 15) is 10.1 Å². The summed E-state index contributed by atoms with van der Waals surface area (Å²) in [5.74, 6) is 0.119. The van der Waals surface area contributed by atoms with Crippen LogP contribution in [0.4, 0.5) is 11.5 Å². The van der Waals surface area contributed by atoms with Gasteiger partial charge in [0.15, 0.2) is 0 Å². The Morgan fingerprint density at radius 2 is 2.47 bits per heavy atom. The van der Waals surface area contributed by atoms with Gasteiger partial charge in [0.25, 0.3) is 0 Å². The molecule has 1 atom stereocenters.